The van der Waals surface area contributed by atoms with E-state index >= 15 is 0 Å². The van der Waals surface area contributed by atoms with Gasteiger partial charge in [-0.15, -0.1) is 0 Å². The van der Waals surface area contributed by atoms with E-state index in [1.54, 1.807) is 13.8 Å². The standard InChI is InChI=1S/C14H18O2/c1-9-5-4-6-10-7-8-11(14(2,3)16)13(15)12(9)10/h4-6,11,16H,7-8H2,1-3H3/t11-/m0/s1. The first-order valence-corrected chi connectivity index (χ1v) is 5.76. The molecule has 0 saturated carbocycles. The van der Waals surface area contributed by atoms with Gasteiger partial charge in [-0.1, -0.05) is 18.2 Å². The molecule has 1 aromatic carbocycles. The van der Waals surface area contributed by atoms with Crippen LogP contribution in [0.25, 0.3) is 0 Å². The van der Waals surface area contributed by atoms with Gasteiger partial charge in [-0.2, -0.15) is 0 Å². The van der Waals surface area contributed by atoms with Crippen molar-refractivity contribution in [3.8, 4) is 0 Å². The minimum absolute atomic E-state index is 0.104. The zero-order valence-electron chi connectivity index (χ0n) is 10.1. The predicted molar refractivity (Wildman–Crippen MR) is 63.6 cm³/mol. The molecule has 1 aromatic rings. The molecular weight excluding hydrogens is 200 g/mol. The Morgan fingerprint density at radius 2 is 2.06 bits per heavy atom. The molecule has 1 aliphatic carbocycles. The van der Waals surface area contributed by atoms with Crippen molar-refractivity contribution >= 4 is 5.78 Å². The molecule has 0 saturated heterocycles. The number of carbonyl (C=O) groups is 1. The Kier molecular flexibility index (Phi) is 2.62. The fraction of sp³-hybridized carbons (Fsp3) is 0.500. The van der Waals surface area contributed by atoms with Gasteiger partial charge in [0.2, 0.25) is 0 Å². The van der Waals surface area contributed by atoms with Gasteiger partial charge in [-0.05, 0) is 44.7 Å². The minimum Gasteiger partial charge on any atom is -0.390 e. The lowest BCUT2D eigenvalue weighted by Gasteiger charge is -2.32. The zero-order chi connectivity index (χ0) is 11.9. The van der Waals surface area contributed by atoms with Crippen molar-refractivity contribution in [1.82, 2.24) is 0 Å². The summed E-state index contributed by atoms with van der Waals surface area (Å²) in [5, 5.41) is 10.0. The quantitative estimate of drug-likeness (QED) is 0.786. The Hall–Kier alpha value is -1.15. The van der Waals surface area contributed by atoms with Crippen LogP contribution in [0.4, 0.5) is 0 Å². The molecule has 86 valence electrons. The average Bonchev–Trinajstić information content (AvgIpc) is 2.16. The molecule has 2 heteroatoms. The highest BCUT2D eigenvalue weighted by molar-refractivity contribution is 6.02. The van der Waals surface area contributed by atoms with Crippen LogP contribution in [0.2, 0.25) is 0 Å². The Labute approximate surface area is 96.3 Å². The van der Waals surface area contributed by atoms with E-state index in [-0.39, 0.29) is 11.7 Å². The average molecular weight is 218 g/mol. The maximum absolute atomic E-state index is 12.3. The third-order valence-corrected chi connectivity index (χ3v) is 3.48. The highest BCUT2D eigenvalue weighted by atomic mass is 16.3. The molecule has 0 radical (unpaired) electrons. The van der Waals surface area contributed by atoms with E-state index < -0.39 is 5.60 Å². The van der Waals surface area contributed by atoms with E-state index in [1.807, 2.05) is 25.1 Å². The molecule has 1 aliphatic rings. The van der Waals surface area contributed by atoms with Crippen molar-refractivity contribution in [1.29, 1.82) is 0 Å². The van der Waals surface area contributed by atoms with Gasteiger partial charge in [0, 0.05) is 5.56 Å². The maximum atomic E-state index is 12.3. The summed E-state index contributed by atoms with van der Waals surface area (Å²) in [7, 11) is 0. The molecule has 1 N–H and O–H groups in total. The lowest BCUT2D eigenvalue weighted by atomic mass is 9.74. The Morgan fingerprint density at radius 1 is 1.38 bits per heavy atom. The van der Waals surface area contributed by atoms with Crippen molar-refractivity contribution < 1.29 is 9.90 Å². The van der Waals surface area contributed by atoms with Gasteiger partial charge in [-0.3, -0.25) is 4.79 Å². The Balaban J connectivity index is 2.47. The van der Waals surface area contributed by atoms with Crippen molar-refractivity contribution in [2.24, 2.45) is 5.92 Å². The van der Waals surface area contributed by atoms with Gasteiger partial charge in [0.1, 0.15) is 0 Å². The first-order valence-electron chi connectivity index (χ1n) is 5.76. The number of hydrogen-bond acceptors (Lipinski definition) is 2. The Morgan fingerprint density at radius 3 is 2.69 bits per heavy atom. The normalized spacial score (nSPS) is 20.8. The lowest BCUT2D eigenvalue weighted by molar-refractivity contribution is 0.0147. The zero-order valence-corrected chi connectivity index (χ0v) is 10.1. The van der Waals surface area contributed by atoms with Gasteiger partial charge in [0.25, 0.3) is 0 Å². The first kappa shape index (κ1) is 11.3. The fourth-order valence-electron chi connectivity index (χ4n) is 2.57. The highest BCUT2D eigenvalue weighted by Gasteiger charge is 2.37. The molecule has 0 bridgehead atoms. The van der Waals surface area contributed by atoms with E-state index in [9.17, 15) is 9.90 Å². The molecule has 0 heterocycles. The van der Waals surface area contributed by atoms with Crippen LogP contribution in [0.3, 0.4) is 0 Å². The summed E-state index contributed by atoms with van der Waals surface area (Å²) in [4.78, 5) is 12.3. The molecule has 0 aliphatic heterocycles. The summed E-state index contributed by atoms with van der Waals surface area (Å²) in [6.45, 7) is 5.40. The van der Waals surface area contributed by atoms with Crippen molar-refractivity contribution in [2.75, 3.05) is 0 Å². The van der Waals surface area contributed by atoms with Gasteiger partial charge in [0.05, 0.1) is 11.5 Å². The summed E-state index contributed by atoms with van der Waals surface area (Å²) in [5.74, 6) is -0.159. The molecule has 0 amide bonds. The van der Waals surface area contributed by atoms with Crippen LogP contribution in [0.5, 0.6) is 0 Å². The predicted octanol–water partition coefficient (Wildman–Crippen LogP) is 2.51. The molecule has 2 nitrogen and oxygen atoms in total. The SMILES string of the molecule is Cc1cccc2c1C(=O)[C@@H](C(C)(C)O)CC2. The molecule has 16 heavy (non-hydrogen) atoms. The van der Waals surface area contributed by atoms with E-state index in [0.717, 1.165) is 29.5 Å². The number of ketones is 1. The molecule has 2 rings (SSSR count). The summed E-state index contributed by atoms with van der Waals surface area (Å²) in [5.41, 5.74) is 2.07. The van der Waals surface area contributed by atoms with Crippen LogP contribution in [-0.2, 0) is 6.42 Å². The summed E-state index contributed by atoms with van der Waals surface area (Å²) < 4.78 is 0. The number of Topliss-reactive ketones (excluding diaryl/α,β-unsaturated/α-hetero) is 1. The van der Waals surface area contributed by atoms with E-state index in [0.29, 0.717) is 0 Å². The number of fused-ring (bicyclic) bond motifs is 1. The number of benzene rings is 1. The number of aryl methyl sites for hydroxylation is 2. The number of carbonyl (C=O) groups excluding carboxylic acids is 1. The van der Waals surface area contributed by atoms with Gasteiger partial charge in [-0.25, -0.2) is 0 Å². The van der Waals surface area contributed by atoms with Gasteiger partial charge in [0.15, 0.2) is 5.78 Å². The molecule has 0 fully saturated rings. The van der Waals surface area contributed by atoms with Crippen molar-refractivity contribution in [3.05, 3.63) is 34.9 Å². The van der Waals surface area contributed by atoms with Crippen LogP contribution < -0.4 is 0 Å². The minimum atomic E-state index is -0.920. The van der Waals surface area contributed by atoms with E-state index in [1.165, 1.54) is 0 Å². The molecule has 1 atom stereocenters. The van der Waals surface area contributed by atoms with E-state index in [2.05, 4.69) is 0 Å². The Bertz CT molecular complexity index is 427. The van der Waals surface area contributed by atoms with Crippen LogP contribution >= 0.6 is 0 Å². The monoisotopic (exact) mass is 218 g/mol. The summed E-state index contributed by atoms with van der Waals surface area (Å²) in [6, 6.07) is 5.97. The lowest BCUT2D eigenvalue weighted by Crippen LogP contribution is -2.40. The number of hydrogen-bond donors (Lipinski definition) is 1. The third kappa shape index (κ3) is 1.78. The molecular formula is C14H18O2. The molecule has 0 spiro atoms. The summed E-state index contributed by atoms with van der Waals surface area (Å²) in [6.07, 6.45) is 1.64. The van der Waals surface area contributed by atoms with Gasteiger partial charge >= 0.3 is 0 Å². The third-order valence-electron chi connectivity index (χ3n) is 3.48. The largest absolute Gasteiger partial charge is 0.390 e. The fourth-order valence-corrected chi connectivity index (χ4v) is 2.57. The highest BCUT2D eigenvalue weighted by Crippen LogP contribution is 2.33. The molecule has 0 unspecified atom stereocenters. The second kappa shape index (κ2) is 3.70. The topological polar surface area (TPSA) is 37.3 Å². The number of rotatable bonds is 1. The van der Waals surface area contributed by atoms with Crippen LogP contribution in [0.1, 0.15) is 41.8 Å². The van der Waals surface area contributed by atoms with Crippen molar-refractivity contribution in [2.45, 2.75) is 39.2 Å². The maximum Gasteiger partial charge on any atom is 0.169 e. The van der Waals surface area contributed by atoms with Crippen molar-refractivity contribution in [3.63, 3.8) is 0 Å². The van der Waals surface area contributed by atoms with E-state index in [4.69, 9.17) is 0 Å². The first-order chi connectivity index (χ1) is 7.41. The summed E-state index contributed by atoms with van der Waals surface area (Å²) >= 11 is 0. The number of aliphatic hydroxyl groups is 1. The van der Waals surface area contributed by atoms with Gasteiger partial charge < -0.3 is 5.11 Å². The van der Waals surface area contributed by atoms with Crippen LogP contribution in [0.15, 0.2) is 18.2 Å². The van der Waals surface area contributed by atoms with Crippen LogP contribution in [-0.4, -0.2) is 16.5 Å². The second-order valence-electron chi connectivity index (χ2n) is 5.22. The smallest absolute Gasteiger partial charge is 0.169 e. The molecule has 0 aromatic heterocycles. The van der Waals surface area contributed by atoms with Crippen LogP contribution in [0, 0.1) is 12.8 Å². The second-order valence-corrected chi connectivity index (χ2v) is 5.22.